The molecule has 0 atom stereocenters. The average Bonchev–Trinajstić information content (AvgIpc) is 2.45. The van der Waals surface area contributed by atoms with Gasteiger partial charge in [0.05, 0.1) is 5.69 Å². The molecule has 4 heteroatoms. The Bertz CT molecular complexity index is 222. The van der Waals surface area contributed by atoms with Crippen molar-refractivity contribution in [2.45, 2.75) is 26.3 Å². The summed E-state index contributed by atoms with van der Waals surface area (Å²) in [7, 11) is 0. The van der Waals surface area contributed by atoms with Crippen LogP contribution >= 0.6 is 11.3 Å². The summed E-state index contributed by atoms with van der Waals surface area (Å²) < 4.78 is 0. The zero-order chi connectivity index (χ0) is 8.81. The molecule has 1 aromatic heterocycles. The van der Waals surface area contributed by atoms with Crippen molar-refractivity contribution in [2.75, 3.05) is 12.3 Å². The minimum absolute atomic E-state index is 0.655. The number of unbranched alkanes of at least 4 members (excludes halogenated alkanes) is 1. The van der Waals surface area contributed by atoms with Crippen molar-refractivity contribution < 1.29 is 0 Å². The largest absolute Gasteiger partial charge is 0.375 e. The van der Waals surface area contributed by atoms with Crippen LogP contribution in [0.5, 0.6) is 0 Å². The molecule has 0 aliphatic heterocycles. The highest BCUT2D eigenvalue weighted by atomic mass is 32.1. The van der Waals surface area contributed by atoms with E-state index in [4.69, 9.17) is 5.73 Å². The molecule has 0 unspecified atom stereocenters. The molecule has 1 rings (SSSR count). The fourth-order valence-electron chi connectivity index (χ4n) is 0.922. The smallest absolute Gasteiger partial charge is 0.180 e. The summed E-state index contributed by atoms with van der Waals surface area (Å²) in [6.07, 6.45) is 2.45. The van der Waals surface area contributed by atoms with Crippen molar-refractivity contribution in [1.82, 2.24) is 10.3 Å². The van der Waals surface area contributed by atoms with Crippen LogP contribution in [0.4, 0.5) is 5.13 Å². The topological polar surface area (TPSA) is 50.9 Å². The lowest BCUT2D eigenvalue weighted by molar-refractivity contribution is 0.635. The highest BCUT2D eigenvalue weighted by Gasteiger charge is 1.96. The Morgan fingerprint density at radius 3 is 3.08 bits per heavy atom. The molecule has 0 saturated carbocycles. The van der Waals surface area contributed by atoms with Gasteiger partial charge in [0.2, 0.25) is 0 Å². The number of rotatable bonds is 5. The molecule has 0 radical (unpaired) electrons. The number of hydrogen-bond acceptors (Lipinski definition) is 4. The molecule has 68 valence electrons. The van der Waals surface area contributed by atoms with Crippen molar-refractivity contribution in [3.05, 3.63) is 11.1 Å². The fourth-order valence-corrected chi connectivity index (χ4v) is 1.48. The van der Waals surface area contributed by atoms with Crippen molar-refractivity contribution in [1.29, 1.82) is 0 Å². The van der Waals surface area contributed by atoms with E-state index in [0.29, 0.717) is 5.13 Å². The predicted molar refractivity (Wildman–Crippen MR) is 53.1 cm³/mol. The predicted octanol–water partition coefficient (Wildman–Crippen LogP) is 1.61. The first-order valence-corrected chi connectivity index (χ1v) is 5.11. The quantitative estimate of drug-likeness (QED) is 0.685. The molecule has 0 aliphatic rings. The molecule has 1 aromatic rings. The zero-order valence-corrected chi connectivity index (χ0v) is 8.16. The van der Waals surface area contributed by atoms with E-state index in [1.807, 2.05) is 5.38 Å². The van der Waals surface area contributed by atoms with Crippen LogP contribution in [0.3, 0.4) is 0 Å². The Hall–Kier alpha value is -0.610. The molecule has 0 spiro atoms. The first-order chi connectivity index (χ1) is 5.83. The van der Waals surface area contributed by atoms with E-state index in [1.165, 1.54) is 24.2 Å². The van der Waals surface area contributed by atoms with Crippen molar-refractivity contribution >= 4 is 16.5 Å². The molecule has 0 fully saturated rings. The highest BCUT2D eigenvalue weighted by molar-refractivity contribution is 7.13. The fraction of sp³-hybridized carbons (Fsp3) is 0.625. The molecule has 0 aromatic carbocycles. The maximum absolute atomic E-state index is 5.49. The second kappa shape index (κ2) is 5.11. The first kappa shape index (κ1) is 9.48. The summed E-state index contributed by atoms with van der Waals surface area (Å²) in [6.45, 7) is 4.09. The number of nitrogens with zero attached hydrogens (tertiary/aromatic N) is 1. The Balaban J connectivity index is 2.15. The molecule has 0 bridgehead atoms. The van der Waals surface area contributed by atoms with Crippen LogP contribution in [0.15, 0.2) is 5.38 Å². The van der Waals surface area contributed by atoms with E-state index >= 15 is 0 Å². The molecule has 1 heterocycles. The van der Waals surface area contributed by atoms with Crippen LogP contribution < -0.4 is 11.1 Å². The van der Waals surface area contributed by atoms with Crippen molar-refractivity contribution in [3.8, 4) is 0 Å². The monoisotopic (exact) mass is 185 g/mol. The minimum atomic E-state index is 0.655. The molecular formula is C8H15N3S. The molecule has 12 heavy (non-hydrogen) atoms. The number of thiazole rings is 1. The van der Waals surface area contributed by atoms with E-state index in [9.17, 15) is 0 Å². The number of hydrogen-bond donors (Lipinski definition) is 2. The molecular weight excluding hydrogens is 170 g/mol. The van der Waals surface area contributed by atoms with Gasteiger partial charge < -0.3 is 11.1 Å². The summed E-state index contributed by atoms with van der Waals surface area (Å²) in [6, 6.07) is 0. The van der Waals surface area contributed by atoms with Gasteiger partial charge in [-0.1, -0.05) is 13.3 Å². The van der Waals surface area contributed by atoms with Crippen molar-refractivity contribution in [2.24, 2.45) is 0 Å². The van der Waals surface area contributed by atoms with Crippen LogP contribution in [0, 0.1) is 0 Å². The van der Waals surface area contributed by atoms with Gasteiger partial charge in [-0.25, -0.2) is 4.98 Å². The number of nitrogens with two attached hydrogens (primary N) is 1. The highest BCUT2D eigenvalue weighted by Crippen LogP contribution is 2.10. The van der Waals surface area contributed by atoms with Gasteiger partial charge in [0, 0.05) is 11.9 Å². The third-order valence-corrected chi connectivity index (χ3v) is 2.31. The van der Waals surface area contributed by atoms with Crippen LogP contribution in [0.2, 0.25) is 0 Å². The van der Waals surface area contributed by atoms with Gasteiger partial charge in [-0.2, -0.15) is 0 Å². The minimum Gasteiger partial charge on any atom is -0.375 e. The maximum Gasteiger partial charge on any atom is 0.180 e. The number of anilines is 1. The van der Waals surface area contributed by atoms with Crippen LogP contribution in [-0.2, 0) is 6.54 Å². The Morgan fingerprint density at radius 1 is 1.67 bits per heavy atom. The zero-order valence-electron chi connectivity index (χ0n) is 7.34. The number of aromatic nitrogens is 1. The summed E-state index contributed by atoms with van der Waals surface area (Å²) in [5.74, 6) is 0. The lowest BCUT2D eigenvalue weighted by Gasteiger charge is -1.99. The Kier molecular flexibility index (Phi) is 4.04. The molecule has 3 nitrogen and oxygen atoms in total. The van der Waals surface area contributed by atoms with Crippen molar-refractivity contribution in [3.63, 3.8) is 0 Å². The second-order valence-electron chi connectivity index (χ2n) is 2.71. The maximum atomic E-state index is 5.49. The van der Waals surface area contributed by atoms with Gasteiger partial charge >= 0.3 is 0 Å². The average molecular weight is 185 g/mol. The van der Waals surface area contributed by atoms with Gasteiger partial charge in [-0.05, 0) is 13.0 Å². The summed E-state index contributed by atoms with van der Waals surface area (Å²) >= 11 is 1.49. The second-order valence-corrected chi connectivity index (χ2v) is 3.60. The molecule has 0 amide bonds. The van der Waals surface area contributed by atoms with Gasteiger partial charge in [0.15, 0.2) is 5.13 Å². The lowest BCUT2D eigenvalue weighted by atomic mass is 10.3. The van der Waals surface area contributed by atoms with Gasteiger partial charge in [-0.3, -0.25) is 0 Å². The van der Waals surface area contributed by atoms with E-state index in [2.05, 4.69) is 17.2 Å². The SMILES string of the molecule is CCCCNCc1csc(N)n1. The summed E-state index contributed by atoms with van der Waals surface area (Å²) in [5.41, 5.74) is 6.54. The Labute approximate surface area is 77.0 Å². The number of nitrogens with one attached hydrogen (secondary N) is 1. The van der Waals surface area contributed by atoms with E-state index in [-0.39, 0.29) is 0 Å². The Morgan fingerprint density at radius 2 is 2.50 bits per heavy atom. The van der Waals surface area contributed by atoms with E-state index < -0.39 is 0 Å². The van der Waals surface area contributed by atoms with Crippen LogP contribution in [-0.4, -0.2) is 11.5 Å². The standard InChI is InChI=1S/C8H15N3S/c1-2-3-4-10-5-7-6-12-8(9)11-7/h6,10H,2-5H2,1H3,(H2,9,11). The van der Waals surface area contributed by atoms with Gasteiger partial charge in [0.25, 0.3) is 0 Å². The number of nitrogen functional groups attached to an aromatic ring is 1. The van der Waals surface area contributed by atoms with E-state index in [1.54, 1.807) is 0 Å². The van der Waals surface area contributed by atoms with Crippen LogP contribution in [0.1, 0.15) is 25.5 Å². The third-order valence-electron chi connectivity index (χ3n) is 1.58. The van der Waals surface area contributed by atoms with Crippen LogP contribution in [0.25, 0.3) is 0 Å². The van der Waals surface area contributed by atoms with Gasteiger partial charge in [0.1, 0.15) is 0 Å². The lowest BCUT2D eigenvalue weighted by Crippen LogP contribution is -2.14. The first-order valence-electron chi connectivity index (χ1n) is 4.23. The third kappa shape index (κ3) is 3.19. The summed E-state index contributed by atoms with van der Waals surface area (Å²) in [4.78, 5) is 4.14. The molecule has 0 saturated heterocycles. The molecule has 3 N–H and O–H groups in total. The normalized spacial score (nSPS) is 10.4. The van der Waals surface area contributed by atoms with Gasteiger partial charge in [-0.15, -0.1) is 11.3 Å². The summed E-state index contributed by atoms with van der Waals surface area (Å²) in [5, 5.41) is 5.95. The molecule has 0 aliphatic carbocycles. The van der Waals surface area contributed by atoms with E-state index in [0.717, 1.165) is 18.8 Å².